The van der Waals surface area contributed by atoms with E-state index in [-0.39, 0.29) is 5.91 Å². The Morgan fingerprint density at radius 1 is 1.73 bits per heavy atom. The third-order valence-corrected chi connectivity index (χ3v) is 3.75. The molecule has 0 spiro atoms. The molecule has 2 unspecified atom stereocenters. The van der Waals surface area contributed by atoms with Crippen LogP contribution in [0.5, 0.6) is 0 Å². The first-order valence-corrected chi connectivity index (χ1v) is 6.11. The summed E-state index contributed by atoms with van der Waals surface area (Å²) in [5.74, 6) is 0.565. The van der Waals surface area contributed by atoms with Gasteiger partial charge in [-0.25, -0.2) is 0 Å². The molecule has 1 aliphatic rings. The van der Waals surface area contributed by atoms with E-state index in [1.807, 2.05) is 4.90 Å². The van der Waals surface area contributed by atoms with Gasteiger partial charge in [-0.05, 0) is 41.8 Å². The van der Waals surface area contributed by atoms with E-state index in [1.165, 1.54) is 11.6 Å². The molecule has 15 heavy (non-hydrogen) atoms. The molecule has 0 aromatic carbocycles. The average Bonchev–Trinajstić information content (AvgIpc) is 2.84. The number of hydrogen-bond donors (Lipinski definition) is 0. The molecule has 1 aromatic heterocycles. The van der Waals surface area contributed by atoms with Crippen molar-refractivity contribution in [1.29, 1.82) is 0 Å². The summed E-state index contributed by atoms with van der Waals surface area (Å²) in [6.45, 7) is 6.48. The number of nitrogens with zero attached hydrogens (tertiary/aromatic N) is 1. The van der Waals surface area contributed by atoms with Crippen LogP contribution in [-0.4, -0.2) is 23.4 Å². The van der Waals surface area contributed by atoms with Crippen LogP contribution in [0.4, 0.5) is 0 Å². The van der Waals surface area contributed by atoms with Crippen LogP contribution in [0.15, 0.2) is 29.5 Å². The van der Waals surface area contributed by atoms with E-state index < -0.39 is 0 Å². The molecule has 0 saturated carbocycles. The highest BCUT2D eigenvalue weighted by Gasteiger charge is 2.31. The third-order valence-electron chi connectivity index (χ3n) is 3.05. The molecule has 2 nitrogen and oxygen atoms in total. The second-order valence-corrected chi connectivity index (χ2v) is 4.81. The number of thiophene rings is 1. The van der Waals surface area contributed by atoms with E-state index in [4.69, 9.17) is 0 Å². The van der Waals surface area contributed by atoms with Gasteiger partial charge in [-0.15, -0.1) is 0 Å². The fourth-order valence-corrected chi connectivity index (χ4v) is 2.95. The lowest BCUT2D eigenvalue weighted by molar-refractivity contribution is -0.126. The van der Waals surface area contributed by atoms with Gasteiger partial charge in [0.1, 0.15) is 0 Å². The van der Waals surface area contributed by atoms with Gasteiger partial charge in [0.05, 0.1) is 0 Å². The number of carbonyl (C=O) groups is 1. The molecule has 1 amide bonds. The summed E-state index contributed by atoms with van der Waals surface area (Å²) >= 11 is 1.72. The van der Waals surface area contributed by atoms with Crippen LogP contribution in [0.2, 0.25) is 0 Å². The molecule has 1 aliphatic heterocycles. The van der Waals surface area contributed by atoms with Crippen LogP contribution in [-0.2, 0) is 4.79 Å². The maximum atomic E-state index is 11.6. The minimum Gasteiger partial charge on any atom is -0.336 e. The summed E-state index contributed by atoms with van der Waals surface area (Å²) in [6, 6.07) is 2.49. The van der Waals surface area contributed by atoms with Gasteiger partial charge in [-0.2, -0.15) is 11.3 Å². The molecule has 0 aliphatic carbocycles. The molecule has 0 bridgehead atoms. The summed E-state index contributed by atoms with van der Waals surface area (Å²) in [7, 11) is 0. The Balaban J connectivity index is 2.10. The molecular weight excluding hydrogens is 206 g/mol. The fourth-order valence-electron chi connectivity index (χ4n) is 2.20. The Bertz CT molecular complexity index is 358. The first-order chi connectivity index (χ1) is 7.22. The highest BCUT2D eigenvalue weighted by molar-refractivity contribution is 7.07. The normalized spacial score (nSPS) is 25.5. The van der Waals surface area contributed by atoms with Gasteiger partial charge in [0, 0.05) is 18.5 Å². The fraction of sp³-hybridized carbons (Fsp3) is 0.417. The molecule has 0 radical (unpaired) electrons. The number of likely N-dealkylation sites (tertiary alicyclic amines) is 1. The highest BCUT2D eigenvalue weighted by Crippen LogP contribution is 2.32. The van der Waals surface area contributed by atoms with Crippen molar-refractivity contribution >= 4 is 17.2 Å². The smallest absolute Gasteiger partial charge is 0.246 e. The SMILES string of the molecule is C=CC(=O)N1CC(c2ccsc2)CC1C. The number of hydrogen-bond acceptors (Lipinski definition) is 2. The van der Waals surface area contributed by atoms with Crippen molar-refractivity contribution in [2.45, 2.75) is 25.3 Å². The standard InChI is InChI=1S/C12H15NOS/c1-3-12(14)13-7-11(6-9(13)2)10-4-5-15-8-10/h3-5,8-9,11H,1,6-7H2,2H3. The lowest BCUT2D eigenvalue weighted by atomic mass is 10.00. The second-order valence-electron chi connectivity index (χ2n) is 4.03. The zero-order valence-electron chi connectivity index (χ0n) is 8.85. The zero-order valence-corrected chi connectivity index (χ0v) is 9.67. The molecule has 1 fully saturated rings. The van der Waals surface area contributed by atoms with Crippen molar-refractivity contribution in [3.8, 4) is 0 Å². The van der Waals surface area contributed by atoms with Crippen LogP contribution >= 0.6 is 11.3 Å². The van der Waals surface area contributed by atoms with Gasteiger partial charge in [0.2, 0.25) is 5.91 Å². The zero-order chi connectivity index (χ0) is 10.8. The predicted octanol–water partition coefficient (Wildman–Crippen LogP) is 2.64. The molecule has 3 heteroatoms. The second kappa shape index (κ2) is 4.19. The Morgan fingerprint density at radius 3 is 3.13 bits per heavy atom. The Hall–Kier alpha value is -1.09. The van der Waals surface area contributed by atoms with Crippen LogP contribution in [0.3, 0.4) is 0 Å². The maximum Gasteiger partial charge on any atom is 0.246 e. The summed E-state index contributed by atoms with van der Waals surface area (Å²) in [4.78, 5) is 13.5. The van der Waals surface area contributed by atoms with Crippen molar-refractivity contribution in [1.82, 2.24) is 4.90 Å². The topological polar surface area (TPSA) is 20.3 Å². The quantitative estimate of drug-likeness (QED) is 0.703. The summed E-state index contributed by atoms with van der Waals surface area (Å²) in [6.07, 6.45) is 2.48. The first kappa shape index (κ1) is 10.4. The molecule has 80 valence electrons. The van der Waals surface area contributed by atoms with Gasteiger partial charge in [0.25, 0.3) is 0 Å². The molecule has 2 rings (SSSR count). The number of carbonyl (C=O) groups excluding carboxylic acids is 1. The van der Waals surface area contributed by atoms with Gasteiger partial charge < -0.3 is 4.90 Å². The summed E-state index contributed by atoms with van der Waals surface area (Å²) in [5.41, 5.74) is 1.37. The molecule has 1 saturated heterocycles. The Labute approximate surface area is 94.2 Å². The highest BCUT2D eigenvalue weighted by atomic mass is 32.1. The molecule has 1 aromatic rings. The monoisotopic (exact) mass is 221 g/mol. The van der Waals surface area contributed by atoms with Gasteiger partial charge in [0.15, 0.2) is 0 Å². The summed E-state index contributed by atoms with van der Waals surface area (Å²) < 4.78 is 0. The largest absolute Gasteiger partial charge is 0.336 e. The van der Waals surface area contributed by atoms with Crippen LogP contribution in [0, 0.1) is 0 Å². The Kier molecular flexibility index (Phi) is 2.91. The third kappa shape index (κ3) is 1.97. The van der Waals surface area contributed by atoms with E-state index >= 15 is 0 Å². The lowest BCUT2D eigenvalue weighted by Crippen LogP contribution is -2.32. The van der Waals surface area contributed by atoms with Crippen molar-refractivity contribution in [2.24, 2.45) is 0 Å². The van der Waals surface area contributed by atoms with E-state index in [0.29, 0.717) is 12.0 Å². The van der Waals surface area contributed by atoms with Crippen molar-refractivity contribution in [3.63, 3.8) is 0 Å². The van der Waals surface area contributed by atoms with E-state index in [1.54, 1.807) is 11.3 Å². The molecule has 2 heterocycles. The lowest BCUT2D eigenvalue weighted by Gasteiger charge is -2.19. The predicted molar refractivity (Wildman–Crippen MR) is 63.0 cm³/mol. The molecule has 0 N–H and O–H groups in total. The average molecular weight is 221 g/mol. The van der Waals surface area contributed by atoms with Crippen molar-refractivity contribution in [2.75, 3.05) is 6.54 Å². The van der Waals surface area contributed by atoms with E-state index in [2.05, 4.69) is 30.3 Å². The van der Waals surface area contributed by atoms with Gasteiger partial charge >= 0.3 is 0 Å². The molecule has 2 atom stereocenters. The minimum absolute atomic E-state index is 0.0558. The Morgan fingerprint density at radius 2 is 2.53 bits per heavy atom. The maximum absolute atomic E-state index is 11.6. The van der Waals surface area contributed by atoms with Crippen LogP contribution < -0.4 is 0 Å². The van der Waals surface area contributed by atoms with Crippen molar-refractivity contribution < 1.29 is 4.79 Å². The van der Waals surface area contributed by atoms with Crippen LogP contribution in [0.1, 0.15) is 24.8 Å². The van der Waals surface area contributed by atoms with Gasteiger partial charge in [-0.1, -0.05) is 6.58 Å². The van der Waals surface area contributed by atoms with Gasteiger partial charge in [-0.3, -0.25) is 4.79 Å². The number of rotatable bonds is 2. The molecular formula is C12H15NOS. The van der Waals surface area contributed by atoms with Crippen LogP contribution in [0.25, 0.3) is 0 Å². The summed E-state index contributed by atoms with van der Waals surface area (Å²) in [5, 5.41) is 4.28. The number of amides is 1. The first-order valence-electron chi connectivity index (χ1n) is 5.17. The van der Waals surface area contributed by atoms with E-state index in [9.17, 15) is 4.79 Å². The van der Waals surface area contributed by atoms with Crippen molar-refractivity contribution in [3.05, 3.63) is 35.0 Å². The minimum atomic E-state index is 0.0558. The van der Waals surface area contributed by atoms with E-state index in [0.717, 1.165) is 13.0 Å².